The average molecular weight is 2230 g/mol. The number of anilines is 3. The van der Waals surface area contributed by atoms with Crippen LogP contribution in [0.25, 0.3) is 0 Å². The summed E-state index contributed by atoms with van der Waals surface area (Å²) >= 11 is 16.1. The summed E-state index contributed by atoms with van der Waals surface area (Å²) < 4.78 is 1.11. The fraction of sp³-hybridized carbons (Fsp3) is 0.460. The summed E-state index contributed by atoms with van der Waals surface area (Å²) in [6, 6.07) is 0. The van der Waals surface area contributed by atoms with Gasteiger partial charge in [0.1, 0.15) is 19.8 Å². The number of aliphatic hydroxyl groups excluding tert-OH is 10. The maximum atomic E-state index is 15.5. The normalized spacial score (nSPS) is 12.6. The van der Waals surface area contributed by atoms with E-state index in [0.29, 0.717) is 0 Å². The number of hydrogen-bond donors (Lipinski definition) is 13. The van der Waals surface area contributed by atoms with E-state index in [4.69, 9.17) is 0 Å². The van der Waals surface area contributed by atoms with E-state index in [1.165, 1.54) is 45.0 Å². The highest BCUT2D eigenvalue weighted by Gasteiger charge is 2.37. The first kappa shape index (κ1) is 80.3. The van der Waals surface area contributed by atoms with Crippen LogP contribution in [0, 0.1) is 32.1 Å². The van der Waals surface area contributed by atoms with Gasteiger partial charge in [0.15, 0.2) is 0 Å². The van der Waals surface area contributed by atoms with Crippen LogP contribution >= 0.6 is 203 Å². The molecule has 0 saturated heterocycles. The lowest BCUT2D eigenvalue weighted by Crippen LogP contribution is -2.45. The fourth-order valence-corrected chi connectivity index (χ4v) is 21.1. The summed E-state index contributed by atoms with van der Waals surface area (Å²) in [5.74, 6) is -7.20. The molecule has 3 aromatic carbocycles. The summed E-state index contributed by atoms with van der Waals surface area (Å²) in [6.07, 6.45) is -5.72. The minimum absolute atomic E-state index is 0.0165. The number of aliphatic hydroxyl groups is 10. The van der Waals surface area contributed by atoms with Crippen molar-refractivity contribution in [3.8, 4) is 0 Å². The van der Waals surface area contributed by atoms with Crippen molar-refractivity contribution in [2.45, 2.75) is 30.8 Å². The van der Waals surface area contributed by atoms with E-state index in [2.05, 4.69) is 16.0 Å². The predicted molar refractivity (Wildman–Crippen MR) is 392 cm³/mol. The molecule has 0 radical (unpaired) electrons. The van der Waals surface area contributed by atoms with Crippen LogP contribution in [-0.4, -0.2) is 279 Å². The lowest BCUT2D eigenvalue weighted by Gasteiger charge is -2.31. The third-order valence-corrected chi connectivity index (χ3v) is 22.1. The van der Waals surface area contributed by atoms with Crippen molar-refractivity contribution < 1.29 is 94.2 Å². The molecule has 13 N–H and O–H groups in total. The number of carbonyl (C=O) groups is 9. The molecule has 0 aliphatic carbocycles. The Morgan fingerprint density at radius 2 is 0.563 bits per heavy atom. The van der Waals surface area contributed by atoms with Gasteiger partial charge in [-0.15, -0.1) is 0 Å². The molecule has 0 aliphatic rings. The molecule has 4 atom stereocenters. The molecule has 3 rings (SSSR count). The first-order chi connectivity index (χ1) is 40.6. The number of rotatable bonds is 29. The molecule has 37 heteroatoms. The largest absolute Gasteiger partial charge is 0.394 e. The SMILES string of the molecule is CN(CCCN(CC(O)CN(C)C(=O)c1c(I)c(NC(=O)CO)c(I)c(C(=O)N(C)CC(O)CO)c1I)C(=O)c1c(I)c(NC(=O)CO)c(I)c(C(=O)N(C)CC(O)CO)c1I)C(=O)c1c(I)c(NC(=O)CO)c(I)c(C(=O)N(C)CC(O)CO)c1I. The molecule has 0 saturated carbocycles. The summed E-state index contributed by atoms with van der Waals surface area (Å²) in [4.78, 5) is 132. The van der Waals surface area contributed by atoms with E-state index in [1.54, 1.807) is 136 Å². The van der Waals surface area contributed by atoms with Crippen LogP contribution in [0.4, 0.5) is 17.1 Å². The van der Waals surface area contributed by atoms with Crippen LogP contribution in [0.15, 0.2) is 0 Å². The van der Waals surface area contributed by atoms with Crippen molar-refractivity contribution in [3.63, 3.8) is 0 Å². The van der Waals surface area contributed by atoms with Crippen LogP contribution < -0.4 is 16.0 Å². The standard InChI is InChI=1S/C50H60I9N9O19/c1-63(45(82)27-33(51)28(47(84)65(3)10-21(76)14-69)37(55)42(36(27)54)60-24(79)17-72)7-6-8-68(50(87)32-35(53)31(49(86)67(5)12-23(78)16-71)40(58)44(41(32)59)62-26(81)19-74)13-20(75)9-64(2)46(83)29-34(52)30(48(85)66(4)11-22(77)15-70)39(57)43(38(29)56)61-25(80)18-73/h20-23,69-78H,6-19H2,1-5H3,(H,60,79)(H,61,80)(H,62,81). The van der Waals surface area contributed by atoms with Gasteiger partial charge in [0.2, 0.25) is 17.7 Å². The Balaban J connectivity index is 2.29. The Morgan fingerprint density at radius 3 is 0.805 bits per heavy atom. The smallest absolute Gasteiger partial charge is 0.256 e. The second kappa shape index (κ2) is 37.2. The van der Waals surface area contributed by atoms with E-state index in [-0.39, 0.29) is 122 Å². The fourth-order valence-electron chi connectivity index (χ4n) is 8.05. The number of nitrogens with zero attached hydrogens (tertiary/aromatic N) is 6. The van der Waals surface area contributed by atoms with E-state index in [9.17, 15) is 89.4 Å². The molecule has 0 spiro atoms. The number of amides is 9. The van der Waals surface area contributed by atoms with Crippen LogP contribution in [0.1, 0.15) is 68.6 Å². The van der Waals surface area contributed by atoms with Gasteiger partial charge in [-0.05, 0) is 210 Å². The van der Waals surface area contributed by atoms with E-state index in [0.717, 1.165) is 19.6 Å². The van der Waals surface area contributed by atoms with Gasteiger partial charge in [0.25, 0.3) is 35.4 Å². The quantitative estimate of drug-likeness (QED) is 0.0430. The van der Waals surface area contributed by atoms with Crippen molar-refractivity contribution >= 4 is 274 Å². The van der Waals surface area contributed by atoms with Crippen molar-refractivity contribution in [2.24, 2.45) is 0 Å². The molecular weight excluding hydrogens is 2170 g/mol. The van der Waals surface area contributed by atoms with Gasteiger partial charge >= 0.3 is 0 Å². The highest BCUT2D eigenvalue weighted by Crippen LogP contribution is 2.40. The Kier molecular flexibility index (Phi) is 34.4. The first-order valence-corrected chi connectivity index (χ1v) is 34.8. The minimum atomic E-state index is -1.63. The third-order valence-electron chi connectivity index (χ3n) is 12.4. The predicted octanol–water partition coefficient (Wildman–Crippen LogP) is 0.934. The topological polar surface area (TPSA) is 411 Å². The summed E-state index contributed by atoms with van der Waals surface area (Å²) in [7, 11) is 6.76. The minimum Gasteiger partial charge on any atom is -0.394 e. The number of carbonyl (C=O) groups excluding carboxylic acids is 9. The van der Waals surface area contributed by atoms with Gasteiger partial charge < -0.3 is 96.4 Å². The zero-order chi connectivity index (χ0) is 66.4. The molecular formula is C50H60I9N9O19. The van der Waals surface area contributed by atoms with Crippen LogP contribution in [0.2, 0.25) is 0 Å². The van der Waals surface area contributed by atoms with E-state index < -0.39 is 130 Å². The molecule has 0 heterocycles. The Hall–Kier alpha value is -0.940. The van der Waals surface area contributed by atoms with Gasteiger partial charge in [-0.3, -0.25) is 43.2 Å². The molecule has 87 heavy (non-hydrogen) atoms. The third kappa shape index (κ3) is 20.5. The van der Waals surface area contributed by atoms with Crippen LogP contribution in [0.5, 0.6) is 0 Å². The monoisotopic (exact) mass is 2230 g/mol. The van der Waals surface area contributed by atoms with Crippen LogP contribution in [-0.2, 0) is 14.4 Å². The number of benzene rings is 3. The second-order valence-electron chi connectivity index (χ2n) is 19.1. The number of nitrogens with one attached hydrogen (secondary N) is 3. The summed E-state index contributed by atoms with van der Waals surface area (Å²) in [6.45, 7) is -7.54. The van der Waals surface area contributed by atoms with Gasteiger partial charge in [-0.25, -0.2) is 0 Å². The van der Waals surface area contributed by atoms with E-state index in [1.807, 2.05) is 67.8 Å². The van der Waals surface area contributed by atoms with Crippen LogP contribution in [0.3, 0.4) is 0 Å². The van der Waals surface area contributed by atoms with Crippen molar-refractivity contribution in [1.82, 2.24) is 29.4 Å². The van der Waals surface area contributed by atoms with Gasteiger partial charge in [0, 0.05) is 91.8 Å². The molecule has 0 bridgehead atoms. The molecule has 482 valence electrons. The Morgan fingerprint density at radius 1 is 0.333 bits per heavy atom. The summed E-state index contributed by atoms with van der Waals surface area (Å²) in [5.41, 5.74) is -0.705. The molecule has 3 aromatic rings. The molecule has 0 aliphatic heterocycles. The molecule has 0 fully saturated rings. The zero-order valence-corrected chi connectivity index (χ0v) is 65.9. The maximum Gasteiger partial charge on any atom is 0.256 e. The lowest BCUT2D eigenvalue weighted by molar-refractivity contribution is -0.119. The molecule has 0 aromatic heterocycles. The highest BCUT2D eigenvalue weighted by atomic mass is 127. The van der Waals surface area contributed by atoms with Crippen molar-refractivity contribution in [3.05, 3.63) is 65.5 Å². The van der Waals surface area contributed by atoms with Gasteiger partial charge in [-0.2, -0.15) is 0 Å². The highest BCUT2D eigenvalue weighted by molar-refractivity contribution is 14.1. The molecule has 28 nitrogen and oxygen atoms in total. The Bertz CT molecular complexity index is 3130. The van der Waals surface area contributed by atoms with E-state index >= 15 is 4.79 Å². The van der Waals surface area contributed by atoms with Gasteiger partial charge in [-0.1, -0.05) is 0 Å². The van der Waals surface area contributed by atoms with Crippen molar-refractivity contribution in [2.75, 3.05) is 137 Å². The zero-order valence-electron chi connectivity index (χ0n) is 46.4. The number of hydrogen-bond acceptors (Lipinski definition) is 19. The van der Waals surface area contributed by atoms with Gasteiger partial charge in [0.05, 0.1) is 116 Å². The maximum absolute atomic E-state index is 15.5. The molecule has 4 unspecified atom stereocenters. The first-order valence-electron chi connectivity index (χ1n) is 25.1. The second-order valence-corrected chi connectivity index (χ2v) is 28.8. The number of likely N-dealkylation sites (N-methyl/N-ethyl adjacent to an activating group) is 4. The number of halogens is 9. The Labute approximate surface area is 621 Å². The lowest BCUT2D eigenvalue weighted by atomic mass is 10.1. The summed E-state index contributed by atoms with van der Waals surface area (Å²) in [5, 5.41) is 108. The van der Waals surface area contributed by atoms with Crippen molar-refractivity contribution in [1.29, 1.82) is 0 Å². The average Bonchev–Trinajstić information content (AvgIpc) is 1.60. The molecule has 9 amide bonds.